The average Bonchev–Trinajstić information content (AvgIpc) is 3.24. The van der Waals surface area contributed by atoms with Crippen molar-refractivity contribution in [1.82, 2.24) is 9.80 Å². The number of carbonyl (C=O) groups excluding carboxylic acids is 1. The van der Waals surface area contributed by atoms with Gasteiger partial charge in [0.25, 0.3) is 0 Å². The minimum Gasteiger partial charge on any atom is -0.337 e. The van der Waals surface area contributed by atoms with Gasteiger partial charge in [0.2, 0.25) is 5.91 Å². The summed E-state index contributed by atoms with van der Waals surface area (Å²) in [5, 5.41) is 0. The fraction of sp³-hybridized carbons (Fsp3) is 0.562. The van der Waals surface area contributed by atoms with E-state index in [-0.39, 0.29) is 0 Å². The van der Waals surface area contributed by atoms with Crippen LogP contribution in [0, 0.1) is 5.92 Å². The molecule has 1 saturated carbocycles. The zero-order valence-corrected chi connectivity index (χ0v) is 11.6. The van der Waals surface area contributed by atoms with Crippen molar-refractivity contribution in [3.8, 4) is 0 Å². The van der Waals surface area contributed by atoms with Gasteiger partial charge in [-0.1, -0.05) is 30.3 Å². The van der Waals surface area contributed by atoms with E-state index in [2.05, 4.69) is 47.1 Å². The molecule has 3 nitrogen and oxygen atoms in total. The van der Waals surface area contributed by atoms with Crippen LogP contribution in [0.5, 0.6) is 0 Å². The van der Waals surface area contributed by atoms with Gasteiger partial charge in [-0.2, -0.15) is 0 Å². The predicted molar refractivity (Wildman–Crippen MR) is 75.6 cm³/mol. The molecule has 2 fully saturated rings. The maximum absolute atomic E-state index is 12.1. The Bertz CT molecular complexity index is 441. The third kappa shape index (κ3) is 2.98. The summed E-state index contributed by atoms with van der Waals surface area (Å²) in [7, 11) is 0. The lowest BCUT2D eigenvalue weighted by Gasteiger charge is -2.40. The molecule has 1 saturated heterocycles. The standard InChI is InChI=1S/C16H22N2O/c1-13-11-17(12-14-5-3-2-4-6-14)9-10-18(13)16(19)15-7-8-15/h2-6,13,15H,7-12H2,1H3/t13-/m1/s1. The van der Waals surface area contributed by atoms with E-state index in [0.29, 0.717) is 17.9 Å². The molecule has 1 aromatic rings. The van der Waals surface area contributed by atoms with Crippen LogP contribution in [0.4, 0.5) is 0 Å². The number of rotatable bonds is 3. The van der Waals surface area contributed by atoms with E-state index in [0.717, 1.165) is 39.0 Å². The van der Waals surface area contributed by atoms with Crippen molar-refractivity contribution in [3.05, 3.63) is 35.9 Å². The molecule has 2 aliphatic rings. The summed E-state index contributed by atoms with van der Waals surface area (Å²) in [6, 6.07) is 10.9. The summed E-state index contributed by atoms with van der Waals surface area (Å²) in [6.45, 7) is 6.06. The summed E-state index contributed by atoms with van der Waals surface area (Å²) in [6.07, 6.45) is 2.21. The van der Waals surface area contributed by atoms with E-state index >= 15 is 0 Å². The van der Waals surface area contributed by atoms with E-state index in [4.69, 9.17) is 0 Å². The third-order valence-corrected chi connectivity index (χ3v) is 4.17. The first kappa shape index (κ1) is 12.7. The van der Waals surface area contributed by atoms with Crippen molar-refractivity contribution in [2.45, 2.75) is 32.4 Å². The minimum atomic E-state index is 0.350. The highest BCUT2D eigenvalue weighted by Gasteiger charge is 2.37. The average molecular weight is 258 g/mol. The van der Waals surface area contributed by atoms with Gasteiger partial charge in [0.1, 0.15) is 0 Å². The zero-order chi connectivity index (χ0) is 13.2. The maximum atomic E-state index is 12.1. The number of hydrogen-bond acceptors (Lipinski definition) is 2. The van der Waals surface area contributed by atoms with Crippen LogP contribution >= 0.6 is 0 Å². The van der Waals surface area contributed by atoms with Gasteiger partial charge >= 0.3 is 0 Å². The van der Waals surface area contributed by atoms with Crippen LogP contribution in [0.2, 0.25) is 0 Å². The van der Waals surface area contributed by atoms with E-state index in [1.807, 2.05) is 0 Å². The molecular weight excluding hydrogens is 236 g/mol. The number of carbonyl (C=O) groups is 1. The first-order chi connectivity index (χ1) is 9.24. The van der Waals surface area contributed by atoms with E-state index in [1.54, 1.807) is 0 Å². The highest BCUT2D eigenvalue weighted by atomic mass is 16.2. The van der Waals surface area contributed by atoms with Crippen molar-refractivity contribution < 1.29 is 4.79 Å². The maximum Gasteiger partial charge on any atom is 0.226 e. The van der Waals surface area contributed by atoms with Crippen LogP contribution in [0.15, 0.2) is 30.3 Å². The molecule has 3 rings (SSSR count). The molecule has 1 aliphatic carbocycles. The fourth-order valence-corrected chi connectivity index (χ4v) is 2.91. The predicted octanol–water partition coefficient (Wildman–Crippen LogP) is 2.13. The Hall–Kier alpha value is -1.35. The minimum absolute atomic E-state index is 0.350. The number of piperazine rings is 1. The molecule has 1 aromatic carbocycles. The van der Waals surface area contributed by atoms with Gasteiger partial charge in [-0.25, -0.2) is 0 Å². The largest absolute Gasteiger partial charge is 0.337 e. The van der Waals surface area contributed by atoms with Gasteiger partial charge < -0.3 is 4.90 Å². The third-order valence-electron chi connectivity index (χ3n) is 4.17. The molecule has 0 radical (unpaired) electrons. The Balaban J connectivity index is 1.56. The van der Waals surface area contributed by atoms with Crippen LogP contribution < -0.4 is 0 Å². The molecule has 0 bridgehead atoms. The molecular formula is C16H22N2O. The smallest absolute Gasteiger partial charge is 0.226 e. The lowest BCUT2D eigenvalue weighted by atomic mass is 10.1. The van der Waals surface area contributed by atoms with Crippen LogP contribution in [0.3, 0.4) is 0 Å². The van der Waals surface area contributed by atoms with Crippen LogP contribution in [-0.4, -0.2) is 41.4 Å². The molecule has 102 valence electrons. The molecule has 0 spiro atoms. The normalized spacial score (nSPS) is 24.5. The Morgan fingerprint density at radius 3 is 2.58 bits per heavy atom. The molecule has 1 aliphatic heterocycles. The summed E-state index contributed by atoms with van der Waals surface area (Å²) >= 11 is 0. The number of nitrogens with zero attached hydrogens (tertiary/aromatic N) is 2. The zero-order valence-electron chi connectivity index (χ0n) is 11.6. The van der Waals surface area contributed by atoms with Gasteiger partial charge in [0.15, 0.2) is 0 Å². The van der Waals surface area contributed by atoms with Gasteiger partial charge in [0, 0.05) is 38.1 Å². The second-order valence-corrected chi connectivity index (χ2v) is 5.88. The highest BCUT2D eigenvalue weighted by Crippen LogP contribution is 2.32. The SMILES string of the molecule is C[C@@H]1CN(Cc2ccccc2)CCN1C(=O)C1CC1. The van der Waals surface area contributed by atoms with Gasteiger partial charge in [0.05, 0.1) is 0 Å². The topological polar surface area (TPSA) is 23.6 Å². The monoisotopic (exact) mass is 258 g/mol. The second kappa shape index (κ2) is 5.33. The van der Waals surface area contributed by atoms with Gasteiger partial charge in [-0.3, -0.25) is 9.69 Å². The molecule has 19 heavy (non-hydrogen) atoms. The number of hydrogen-bond donors (Lipinski definition) is 0. The van der Waals surface area contributed by atoms with Crippen molar-refractivity contribution in [2.75, 3.05) is 19.6 Å². The first-order valence-corrected chi connectivity index (χ1v) is 7.31. The second-order valence-electron chi connectivity index (χ2n) is 5.88. The van der Waals surface area contributed by atoms with E-state index in [1.165, 1.54) is 5.56 Å². The number of benzene rings is 1. The Morgan fingerprint density at radius 2 is 1.95 bits per heavy atom. The summed E-state index contributed by atoms with van der Waals surface area (Å²) in [5.74, 6) is 0.745. The molecule has 1 atom stereocenters. The number of amides is 1. The Morgan fingerprint density at radius 1 is 1.21 bits per heavy atom. The molecule has 1 heterocycles. The summed E-state index contributed by atoms with van der Waals surface area (Å²) in [5.41, 5.74) is 1.36. The van der Waals surface area contributed by atoms with E-state index < -0.39 is 0 Å². The van der Waals surface area contributed by atoms with Crippen LogP contribution in [-0.2, 0) is 11.3 Å². The fourth-order valence-electron chi connectivity index (χ4n) is 2.91. The van der Waals surface area contributed by atoms with Crippen molar-refractivity contribution in [2.24, 2.45) is 5.92 Å². The first-order valence-electron chi connectivity index (χ1n) is 7.31. The Labute approximate surface area is 115 Å². The quantitative estimate of drug-likeness (QED) is 0.829. The summed E-state index contributed by atoms with van der Waals surface area (Å²) < 4.78 is 0. The van der Waals surface area contributed by atoms with Crippen molar-refractivity contribution in [3.63, 3.8) is 0 Å². The molecule has 0 N–H and O–H groups in total. The Kier molecular flexibility index (Phi) is 3.56. The van der Waals surface area contributed by atoms with Crippen LogP contribution in [0.25, 0.3) is 0 Å². The highest BCUT2D eigenvalue weighted by molar-refractivity contribution is 5.81. The van der Waals surface area contributed by atoms with Gasteiger partial charge in [-0.15, -0.1) is 0 Å². The molecule has 1 amide bonds. The van der Waals surface area contributed by atoms with Crippen molar-refractivity contribution >= 4 is 5.91 Å². The van der Waals surface area contributed by atoms with E-state index in [9.17, 15) is 4.79 Å². The molecule has 0 aromatic heterocycles. The summed E-state index contributed by atoms with van der Waals surface area (Å²) in [4.78, 5) is 16.7. The molecule has 3 heteroatoms. The van der Waals surface area contributed by atoms with Crippen molar-refractivity contribution in [1.29, 1.82) is 0 Å². The van der Waals surface area contributed by atoms with Crippen LogP contribution in [0.1, 0.15) is 25.3 Å². The van der Waals surface area contributed by atoms with Gasteiger partial charge in [-0.05, 0) is 25.3 Å². The lowest BCUT2D eigenvalue weighted by molar-refractivity contribution is -0.137. The lowest BCUT2D eigenvalue weighted by Crippen LogP contribution is -2.54. The molecule has 0 unspecified atom stereocenters.